The molecule has 0 atom stereocenters. The van der Waals surface area contributed by atoms with E-state index in [2.05, 4.69) is 0 Å². The molecule has 0 amide bonds. The van der Waals surface area contributed by atoms with Gasteiger partial charge in [0.05, 0.1) is 0 Å². The van der Waals surface area contributed by atoms with Gasteiger partial charge in [-0.1, -0.05) is 0 Å². The van der Waals surface area contributed by atoms with Crippen LogP contribution in [0.5, 0.6) is 0 Å². The molecule has 0 unspecified atom stereocenters. The molecule has 0 spiro atoms. The Morgan fingerprint density at radius 1 is 1.33 bits per heavy atom. The van der Waals surface area contributed by atoms with Gasteiger partial charge in [-0.15, -0.1) is 0 Å². The van der Waals surface area contributed by atoms with E-state index in [-0.39, 0.29) is 15.8 Å². The van der Waals surface area contributed by atoms with Crippen molar-refractivity contribution in [1.29, 1.82) is 0 Å². The van der Waals surface area contributed by atoms with Crippen molar-refractivity contribution in [2.24, 2.45) is 0 Å². The average Bonchev–Trinajstić information content (AvgIpc) is 1.72. The van der Waals surface area contributed by atoms with Gasteiger partial charge < -0.3 is 0 Å². The van der Waals surface area contributed by atoms with Gasteiger partial charge in [0.2, 0.25) is 0 Å². The van der Waals surface area contributed by atoms with Gasteiger partial charge in [0.25, 0.3) is 0 Å². The molecule has 1 aliphatic rings. The normalized spacial score (nSPS) is 24.0. The van der Waals surface area contributed by atoms with Gasteiger partial charge in [-0.2, -0.15) is 0 Å². The maximum atomic E-state index is 5.23. The van der Waals surface area contributed by atoms with E-state index in [9.17, 15) is 0 Å². The molecule has 0 N–H and O–H groups in total. The van der Waals surface area contributed by atoms with E-state index in [0.29, 0.717) is 0 Å². The third kappa shape index (κ3) is 1.31. The summed E-state index contributed by atoms with van der Waals surface area (Å²) >= 11 is -0.115. The zero-order valence-electron chi connectivity index (χ0n) is 3.81. The molecule has 0 aromatic rings. The van der Waals surface area contributed by atoms with Crippen molar-refractivity contribution in [1.82, 2.24) is 0 Å². The fourth-order valence-electron chi connectivity index (χ4n) is 0.580. The minimum atomic E-state index is -0.115. The summed E-state index contributed by atoms with van der Waals surface area (Å²) in [6, 6.07) is 0. The fourth-order valence-corrected chi connectivity index (χ4v) is 2.58. The van der Waals surface area contributed by atoms with Crippen molar-refractivity contribution in [2.75, 3.05) is 6.61 Å². The maximum absolute atomic E-state index is 5.23. The summed E-state index contributed by atoms with van der Waals surface area (Å²) in [4.78, 5) is 0. The summed E-state index contributed by atoms with van der Waals surface area (Å²) in [7, 11) is 0. The Morgan fingerprint density at radius 3 is 2.50 bits per heavy atom. The third-order valence-electron chi connectivity index (χ3n) is 0.952. The average molecular weight is 146 g/mol. The van der Waals surface area contributed by atoms with E-state index in [4.69, 9.17) is 3.76 Å². The predicted molar refractivity (Wildman–Crippen MR) is 27.1 cm³/mol. The molecule has 1 saturated heterocycles. The van der Waals surface area contributed by atoms with Crippen LogP contribution in [0.15, 0.2) is 0 Å². The van der Waals surface area contributed by atoms with E-state index in [1.54, 1.807) is 0 Å². The zero-order chi connectivity index (χ0) is 4.24. The molecule has 35 valence electrons. The van der Waals surface area contributed by atoms with Crippen LogP contribution in [0.1, 0.15) is 12.8 Å². The molecule has 0 aliphatic carbocycles. The number of rotatable bonds is 0. The Bertz CT molecular complexity index is 23.0. The van der Waals surface area contributed by atoms with E-state index in [1.165, 1.54) is 18.1 Å². The summed E-state index contributed by atoms with van der Waals surface area (Å²) < 4.78 is 5.23. The molecular formula is C4H9GeO. The zero-order valence-corrected chi connectivity index (χ0v) is 6.24. The van der Waals surface area contributed by atoms with Crippen molar-refractivity contribution in [3.05, 3.63) is 0 Å². The Hall–Kier alpha value is 0.503. The third-order valence-corrected chi connectivity index (χ3v) is 3.29. The van der Waals surface area contributed by atoms with E-state index in [0.717, 1.165) is 6.61 Å². The van der Waals surface area contributed by atoms with Gasteiger partial charge in [0, 0.05) is 0 Å². The molecule has 2 heteroatoms. The van der Waals surface area contributed by atoms with Gasteiger partial charge in [0.1, 0.15) is 0 Å². The molecule has 1 aliphatic heterocycles. The van der Waals surface area contributed by atoms with Crippen molar-refractivity contribution in [3.63, 3.8) is 0 Å². The molecule has 0 aromatic heterocycles. The van der Waals surface area contributed by atoms with Crippen LogP contribution in [-0.4, -0.2) is 22.4 Å². The van der Waals surface area contributed by atoms with Crippen LogP contribution in [-0.2, 0) is 3.76 Å². The molecule has 1 radical (unpaired) electrons. The van der Waals surface area contributed by atoms with Crippen LogP contribution in [0.2, 0.25) is 5.25 Å². The van der Waals surface area contributed by atoms with E-state index in [1.807, 2.05) is 0 Å². The van der Waals surface area contributed by atoms with Crippen LogP contribution in [0.25, 0.3) is 0 Å². The number of hydrogen-bond donors (Lipinski definition) is 0. The first kappa shape index (κ1) is 4.66. The Labute approximate surface area is 44.9 Å². The molecule has 1 heterocycles. The van der Waals surface area contributed by atoms with Gasteiger partial charge in [-0.25, -0.2) is 0 Å². The van der Waals surface area contributed by atoms with Crippen molar-refractivity contribution >= 4 is 15.8 Å². The summed E-state index contributed by atoms with van der Waals surface area (Å²) in [5, 5.41) is 1.43. The molecule has 1 nitrogen and oxygen atoms in total. The Morgan fingerprint density at radius 2 is 2.33 bits per heavy atom. The summed E-state index contributed by atoms with van der Waals surface area (Å²) in [6.45, 7) is 1.07. The van der Waals surface area contributed by atoms with Crippen LogP contribution in [0, 0.1) is 0 Å². The second kappa shape index (κ2) is 2.64. The second-order valence-corrected chi connectivity index (χ2v) is 4.14. The Balaban J connectivity index is 2.00. The van der Waals surface area contributed by atoms with E-state index >= 15 is 0 Å². The van der Waals surface area contributed by atoms with Crippen LogP contribution in [0.4, 0.5) is 0 Å². The van der Waals surface area contributed by atoms with Crippen molar-refractivity contribution in [3.8, 4) is 0 Å². The predicted octanol–water partition coefficient (Wildman–Crippen LogP) is 0.567. The SMILES string of the molecule is C1C[CH2][GeH][O]C1. The summed E-state index contributed by atoms with van der Waals surface area (Å²) in [5.41, 5.74) is 0. The fraction of sp³-hybridized carbons (Fsp3) is 1.00. The molecule has 6 heavy (non-hydrogen) atoms. The molecule has 1 rings (SSSR count). The topological polar surface area (TPSA) is 9.23 Å². The first-order valence-electron chi connectivity index (χ1n) is 2.43. The Kier molecular flexibility index (Phi) is 2.05. The van der Waals surface area contributed by atoms with Crippen LogP contribution < -0.4 is 0 Å². The van der Waals surface area contributed by atoms with Gasteiger partial charge in [-0.05, 0) is 0 Å². The summed E-state index contributed by atoms with van der Waals surface area (Å²) in [5.74, 6) is 0. The molecule has 0 bridgehead atoms. The van der Waals surface area contributed by atoms with Crippen molar-refractivity contribution in [2.45, 2.75) is 18.1 Å². The molecule has 0 aromatic carbocycles. The molecular weight excluding hydrogens is 137 g/mol. The summed E-state index contributed by atoms with van der Waals surface area (Å²) in [6.07, 6.45) is 2.76. The standard InChI is InChI=1S/C4H9GeO/c1-2-4-6-5-3-1/h5H,1-4H2. The first-order chi connectivity index (χ1) is 3.00. The second-order valence-electron chi connectivity index (χ2n) is 1.53. The minimum absolute atomic E-state index is 0.115. The monoisotopic (exact) mass is 147 g/mol. The molecule has 0 saturated carbocycles. The van der Waals surface area contributed by atoms with Crippen LogP contribution >= 0.6 is 0 Å². The van der Waals surface area contributed by atoms with Gasteiger partial charge in [-0.3, -0.25) is 0 Å². The number of hydrogen-bond acceptors (Lipinski definition) is 1. The van der Waals surface area contributed by atoms with Crippen LogP contribution in [0.3, 0.4) is 0 Å². The van der Waals surface area contributed by atoms with Crippen molar-refractivity contribution < 1.29 is 3.76 Å². The van der Waals surface area contributed by atoms with E-state index < -0.39 is 0 Å². The first-order valence-corrected chi connectivity index (χ1v) is 5.13. The molecule has 1 fully saturated rings. The quantitative estimate of drug-likeness (QED) is 0.453. The van der Waals surface area contributed by atoms with Gasteiger partial charge in [0.15, 0.2) is 0 Å². The van der Waals surface area contributed by atoms with Gasteiger partial charge >= 0.3 is 44.2 Å².